The summed E-state index contributed by atoms with van der Waals surface area (Å²) in [6.07, 6.45) is 0.713. The molecule has 0 spiro atoms. The van der Waals surface area contributed by atoms with Crippen LogP contribution in [0.1, 0.15) is 22.3 Å². The Morgan fingerprint density at radius 1 is 1.40 bits per heavy atom. The predicted molar refractivity (Wildman–Crippen MR) is 87.2 cm³/mol. The number of halogens is 1. The van der Waals surface area contributed by atoms with Crippen molar-refractivity contribution in [2.45, 2.75) is 13.3 Å². The molecule has 0 aliphatic rings. The van der Waals surface area contributed by atoms with Crippen molar-refractivity contribution in [1.82, 2.24) is 10.2 Å². The van der Waals surface area contributed by atoms with Gasteiger partial charge in [0.25, 0.3) is 5.91 Å². The second kappa shape index (κ2) is 7.65. The molecule has 1 aromatic carbocycles. The van der Waals surface area contributed by atoms with E-state index >= 15 is 0 Å². The first kappa shape index (κ1) is 15.3. The zero-order chi connectivity index (χ0) is 14.4. The van der Waals surface area contributed by atoms with E-state index in [-0.39, 0.29) is 5.91 Å². The molecular formula is C13H14IN3O2S. The minimum absolute atomic E-state index is 0.164. The van der Waals surface area contributed by atoms with E-state index in [1.165, 1.54) is 11.3 Å². The molecule has 1 aromatic heterocycles. The summed E-state index contributed by atoms with van der Waals surface area (Å²) in [6, 6.07) is 7.41. The van der Waals surface area contributed by atoms with Crippen molar-refractivity contribution in [3.8, 4) is 0 Å². The van der Waals surface area contributed by atoms with Crippen molar-refractivity contribution < 1.29 is 9.53 Å². The van der Waals surface area contributed by atoms with E-state index in [4.69, 9.17) is 4.74 Å². The molecule has 0 aliphatic heterocycles. The van der Waals surface area contributed by atoms with Crippen LogP contribution in [0.15, 0.2) is 24.3 Å². The van der Waals surface area contributed by atoms with E-state index in [0.29, 0.717) is 30.3 Å². The minimum Gasteiger partial charge on any atom is -0.381 e. The number of aromatic nitrogens is 2. The highest BCUT2D eigenvalue weighted by Gasteiger charge is 2.12. The van der Waals surface area contributed by atoms with Gasteiger partial charge in [-0.05, 0) is 41.6 Å². The largest absolute Gasteiger partial charge is 0.381 e. The Morgan fingerprint density at radius 2 is 2.20 bits per heavy atom. The summed E-state index contributed by atoms with van der Waals surface area (Å²) in [5, 5.41) is 12.1. The first-order valence-electron chi connectivity index (χ1n) is 6.16. The number of hydrogen-bond donors (Lipinski definition) is 1. The molecular weight excluding hydrogens is 389 g/mol. The highest BCUT2D eigenvalue weighted by atomic mass is 127. The number of anilines is 1. The maximum absolute atomic E-state index is 12.1. The van der Waals surface area contributed by atoms with Gasteiger partial charge < -0.3 is 4.74 Å². The van der Waals surface area contributed by atoms with Crippen molar-refractivity contribution in [3.05, 3.63) is 38.4 Å². The fourth-order valence-corrected chi connectivity index (χ4v) is 2.87. The van der Waals surface area contributed by atoms with Crippen LogP contribution in [0.4, 0.5) is 5.13 Å². The summed E-state index contributed by atoms with van der Waals surface area (Å²) in [4.78, 5) is 12.1. The SMILES string of the molecule is CCOCCc1nnc(NC(=O)c2ccccc2I)s1. The highest BCUT2D eigenvalue weighted by Crippen LogP contribution is 2.18. The predicted octanol–water partition coefficient (Wildman–Crippen LogP) is 2.97. The first-order valence-corrected chi connectivity index (χ1v) is 8.06. The van der Waals surface area contributed by atoms with Gasteiger partial charge in [-0.15, -0.1) is 10.2 Å². The number of rotatable bonds is 6. The maximum atomic E-state index is 12.1. The van der Waals surface area contributed by atoms with Crippen molar-refractivity contribution in [2.24, 2.45) is 0 Å². The zero-order valence-corrected chi connectivity index (χ0v) is 13.9. The fourth-order valence-electron chi connectivity index (χ4n) is 1.52. The summed E-state index contributed by atoms with van der Waals surface area (Å²) >= 11 is 3.51. The Hall–Kier alpha value is -1.06. The normalized spacial score (nSPS) is 10.5. The molecule has 0 unspecified atom stereocenters. The van der Waals surface area contributed by atoms with Gasteiger partial charge in [0.15, 0.2) is 0 Å². The van der Waals surface area contributed by atoms with Crippen molar-refractivity contribution in [2.75, 3.05) is 18.5 Å². The molecule has 1 N–H and O–H groups in total. The molecule has 7 heteroatoms. The van der Waals surface area contributed by atoms with Crippen molar-refractivity contribution in [1.29, 1.82) is 0 Å². The Kier molecular flexibility index (Phi) is 5.86. The summed E-state index contributed by atoms with van der Waals surface area (Å²) in [5.74, 6) is -0.164. The van der Waals surface area contributed by atoms with Gasteiger partial charge in [0.1, 0.15) is 5.01 Å². The summed E-state index contributed by atoms with van der Waals surface area (Å²) in [7, 11) is 0. The van der Waals surface area contributed by atoms with Crippen LogP contribution in [0.5, 0.6) is 0 Å². The van der Waals surface area contributed by atoms with Gasteiger partial charge in [-0.2, -0.15) is 0 Å². The van der Waals surface area contributed by atoms with Gasteiger partial charge in [0.2, 0.25) is 5.13 Å². The summed E-state index contributed by atoms with van der Waals surface area (Å²) < 4.78 is 6.17. The minimum atomic E-state index is -0.164. The van der Waals surface area contributed by atoms with Gasteiger partial charge in [-0.25, -0.2) is 0 Å². The molecule has 5 nitrogen and oxygen atoms in total. The first-order chi connectivity index (χ1) is 9.70. The standard InChI is InChI=1S/C13H14IN3O2S/c1-2-19-8-7-11-16-17-13(20-11)15-12(18)9-5-3-4-6-10(9)14/h3-6H,2,7-8H2,1H3,(H,15,17,18). The molecule has 2 rings (SSSR count). The molecule has 106 valence electrons. The van der Waals surface area contributed by atoms with Gasteiger partial charge in [-0.3, -0.25) is 10.1 Å². The molecule has 0 saturated heterocycles. The fraction of sp³-hybridized carbons (Fsp3) is 0.308. The number of nitrogens with one attached hydrogen (secondary N) is 1. The topological polar surface area (TPSA) is 64.1 Å². The number of carbonyl (C=O) groups excluding carboxylic acids is 1. The zero-order valence-electron chi connectivity index (χ0n) is 10.9. The lowest BCUT2D eigenvalue weighted by atomic mass is 10.2. The number of hydrogen-bond acceptors (Lipinski definition) is 5. The summed E-state index contributed by atoms with van der Waals surface area (Å²) in [6.45, 7) is 3.26. The van der Waals surface area contributed by atoms with Crippen LogP contribution in [0, 0.1) is 3.57 Å². The maximum Gasteiger partial charge on any atom is 0.258 e. The van der Waals surface area contributed by atoms with E-state index in [9.17, 15) is 4.79 Å². The Bertz CT molecular complexity index is 589. The molecule has 0 atom stereocenters. The average molecular weight is 403 g/mol. The Labute approximate surface area is 134 Å². The number of nitrogens with zero attached hydrogens (tertiary/aromatic N) is 2. The van der Waals surface area contributed by atoms with Crippen LogP contribution >= 0.6 is 33.9 Å². The van der Waals surface area contributed by atoms with E-state index in [1.807, 2.05) is 25.1 Å². The number of carbonyl (C=O) groups is 1. The Morgan fingerprint density at radius 3 is 2.95 bits per heavy atom. The molecule has 0 aliphatic carbocycles. The lowest BCUT2D eigenvalue weighted by Gasteiger charge is -2.02. The van der Waals surface area contributed by atoms with Crippen molar-refractivity contribution in [3.63, 3.8) is 0 Å². The molecule has 20 heavy (non-hydrogen) atoms. The smallest absolute Gasteiger partial charge is 0.258 e. The van der Waals surface area contributed by atoms with Crippen LogP contribution < -0.4 is 5.32 Å². The molecule has 0 saturated carbocycles. The molecule has 1 amide bonds. The molecule has 0 radical (unpaired) electrons. The molecule has 2 aromatic rings. The van der Waals surface area contributed by atoms with Gasteiger partial charge in [-0.1, -0.05) is 23.5 Å². The van der Waals surface area contributed by atoms with Crippen LogP contribution in [-0.4, -0.2) is 29.3 Å². The quantitative estimate of drug-likeness (QED) is 0.595. The second-order valence-electron chi connectivity index (χ2n) is 3.88. The molecule has 0 fully saturated rings. The second-order valence-corrected chi connectivity index (χ2v) is 6.11. The van der Waals surface area contributed by atoms with Crippen LogP contribution in [0.25, 0.3) is 0 Å². The van der Waals surface area contributed by atoms with Gasteiger partial charge >= 0.3 is 0 Å². The van der Waals surface area contributed by atoms with E-state index in [0.717, 1.165) is 8.58 Å². The molecule has 1 heterocycles. The van der Waals surface area contributed by atoms with Crippen LogP contribution in [0.3, 0.4) is 0 Å². The monoisotopic (exact) mass is 403 g/mol. The van der Waals surface area contributed by atoms with Crippen LogP contribution in [0.2, 0.25) is 0 Å². The number of benzene rings is 1. The lowest BCUT2D eigenvalue weighted by molar-refractivity contribution is 0.102. The van der Waals surface area contributed by atoms with E-state index in [1.54, 1.807) is 6.07 Å². The summed E-state index contributed by atoms with van der Waals surface area (Å²) in [5.41, 5.74) is 0.638. The Balaban J connectivity index is 1.97. The van der Waals surface area contributed by atoms with Crippen LogP contribution in [-0.2, 0) is 11.2 Å². The third-order valence-corrected chi connectivity index (χ3v) is 4.31. The third-order valence-electron chi connectivity index (χ3n) is 2.47. The van der Waals surface area contributed by atoms with E-state index < -0.39 is 0 Å². The lowest BCUT2D eigenvalue weighted by Crippen LogP contribution is -2.13. The van der Waals surface area contributed by atoms with Gasteiger partial charge in [0, 0.05) is 16.6 Å². The molecule has 0 bridgehead atoms. The van der Waals surface area contributed by atoms with E-state index in [2.05, 4.69) is 38.1 Å². The number of ether oxygens (including phenoxy) is 1. The highest BCUT2D eigenvalue weighted by molar-refractivity contribution is 14.1. The average Bonchev–Trinajstić information content (AvgIpc) is 2.87. The third kappa shape index (κ3) is 4.22. The van der Waals surface area contributed by atoms with Crippen molar-refractivity contribution >= 4 is 45.0 Å². The number of amides is 1. The van der Waals surface area contributed by atoms with Gasteiger partial charge in [0.05, 0.1) is 12.2 Å².